The maximum Gasteiger partial charge on any atom is 0.260 e. The summed E-state index contributed by atoms with van der Waals surface area (Å²) in [5, 5.41) is 3.43. The highest BCUT2D eigenvalue weighted by molar-refractivity contribution is 5.81. The van der Waals surface area contributed by atoms with Crippen LogP contribution < -0.4 is 14.8 Å². The monoisotopic (exact) mass is 426 g/mol. The lowest BCUT2D eigenvalue weighted by Gasteiger charge is -2.57. The van der Waals surface area contributed by atoms with Gasteiger partial charge in [0, 0.05) is 24.5 Å². The SMILES string of the molecule is COc1ccccc1OCC(=O)N(CCC(=O)NC12CC3CC(CC(C3)C1)C2)C1CC1. The average molecular weight is 427 g/mol. The zero-order valence-corrected chi connectivity index (χ0v) is 18.5. The number of amides is 2. The molecule has 1 N–H and O–H groups in total. The predicted molar refractivity (Wildman–Crippen MR) is 117 cm³/mol. The van der Waals surface area contributed by atoms with E-state index < -0.39 is 0 Å². The lowest BCUT2D eigenvalue weighted by Crippen LogP contribution is -2.60. The Bertz CT molecular complexity index is 799. The fourth-order valence-electron chi connectivity index (χ4n) is 6.70. The second-order valence-corrected chi connectivity index (χ2v) is 10.3. The summed E-state index contributed by atoms with van der Waals surface area (Å²) in [6.45, 7) is 0.435. The Morgan fingerprint density at radius 2 is 1.65 bits per heavy atom. The van der Waals surface area contributed by atoms with E-state index in [9.17, 15) is 9.59 Å². The maximum absolute atomic E-state index is 12.9. The van der Waals surface area contributed by atoms with Crippen molar-refractivity contribution < 1.29 is 19.1 Å². The first-order valence-corrected chi connectivity index (χ1v) is 11.9. The molecule has 2 amide bonds. The van der Waals surface area contributed by atoms with Gasteiger partial charge in [-0.3, -0.25) is 9.59 Å². The third-order valence-corrected chi connectivity index (χ3v) is 7.75. The van der Waals surface area contributed by atoms with E-state index >= 15 is 0 Å². The maximum atomic E-state index is 12.9. The Balaban J connectivity index is 1.14. The van der Waals surface area contributed by atoms with Crippen LogP contribution in [-0.2, 0) is 9.59 Å². The van der Waals surface area contributed by atoms with Gasteiger partial charge in [0.05, 0.1) is 7.11 Å². The van der Waals surface area contributed by atoms with Crippen molar-refractivity contribution in [1.82, 2.24) is 10.2 Å². The van der Waals surface area contributed by atoms with Crippen molar-refractivity contribution in [2.45, 2.75) is 69.4 Å². The van der Waals surface area contributed by atoms with Crippen LogP contribution in [0.2, 0.25) is 0 Å². The van der Waals surface area contributed by atoms with Crippen LogP contribution in [0.3, 0.4) is 0 Å². The van der Waals surface area contributed by atoms with Gasteiger partial charge in [-0.15, -0.1) is 0 Å². The second-order valence-electron chi connectivity index (χ2n) is 10.3. The zero-order chi connectivity index (χ0) is 21.4. The van der Waals surface area contributed by atoms with E-state index in [1.165, 1.54) is 19.3 Å². The minimum Gasteiger partial charge on any atom is -0.493 e. The Labute approximate surface area is 184 Å². The van der Waals surface area contributed by atoms with Gasteiger partial charge in [0.15, 0.2) is 18.1 Å². The van der Waals surface area contributed by atoms with Crippen molar-refractivity contribution in [1.29, 1.82) is 0 Å². The van der Waals surface area contributed by atoms with Crippen molar-refractivity contribution in [3.05, 3.63) is 24.3 Å². The van der Waals surface area contributed by atoms with E-state index in [0.717, 1.165) is 49.9 Å². The van der Waals surface area contributed by atoms with Crippen LogP contribution in [0.4, 0.5) is 0 Å². The molecule has 5 fully saturated rings. The number of para-hydroxylation sites is 2. The normalized spacial score (nSPS) is 30.7. The summed E-state index contributed by atoms with van der Waals surface area (Å²) in [4.78, 5) is 27.6. The highest BCUT2D eigenvalue weighted by Crippen LogP contribution is 2.55. The number of hydrogen-bond donors (Lipinski definition) is 1. The van der Waals surface area contributed by atoms with Gasteiger partial charge in [-0.1, -0.05) is 12.1 Å². The van der Waals surface area contributed by atoms with Gasteiger partial charge in [0.2, 0.25) is 5.91 Å². The molecule has 0 aromatic heterocycles. The number of hydrogen-bond acceptors (Lipinski definition) is 4. The lowest BCUT2D eigenvalue weighted by molar-refractivity contribution is -0.135. The van der Waals surface area contributed by atoms with Crippen molar-refractivity contribution in [2.75, 3.05) is 20.3 Å². The average Bonchev–Trinajstić information content (AvgIpc) is 3.56. The molecule has 0 spiro atoms. The molecule has 0 radical (unpaired) electrons. The van der Waals surface area contributed by atoms with Gasteiger partial charge in [-0.05, 0) is 81.3 Å². The molecule has 0 saturated heterocycles. The van der Waals surface area contributed by atoms with Gasteiger partial charge < -0.3 is 19.7 Å². The molecule has 5 aliphatic rings. The van der Waals surface area contributed by atoms with E-state index in [1.54, 1.807) is 13.2 Å². The summed E-state index contributed by atoms with van der Waals surface area (Å²) in [6.07, 6.45) is 9.96. The van der Waals surface area contributed by atoms with Crippen molar-refractivity contribution in [2.24, 2.45) is 17.8 Å². The number of rotatable bonds is 9. The molecule has 5 aliphatic carbocycles. The van der Waals surface area contributed by atoms with Crippen LogP contribution in [0, 0.1) is 17.8 Å². The minimum absolute atomic E-state index is 0.0343. The molecule has 6 rings (SSSR count). The van der Waals surface area contributed by atoms with E-state index in [4.69, 9.17) is 9.47 Å². The predicted octanol–water partition coefficient (Wildman–Crippen LogP) is 3.54. The highest BCUT2D eigenvalue weighted by Gasteiger charge is 2.51. The molecule has 1 aromatic carbocycles. The number of carbonyl (C=O) groups is 2. The number of benzene rings is 1. The largest absolute Gasteiger partial charge is 0.493 e. The summed E-state index contributed by atoms with van der Waals surface area (Å²) in [5.74, 6) is 3.65. The molecule has 0 atom stereocenters. The molecule has 6 heteroatoms. The molecule has 0 unspecified atom stereocenters. The van der Waals surface area contributed by atoms with Crippen LogP contribution in [-0.4, -0.2) is 48.6 Å². The Morgan fingerprint density at radius 3 is 2.23 bits per heavy atom. The second kappa shape index (κ2) is 8.36. The van der Waals surface area contributed by atoms with E-state index in [1.807, 2.05) is 23.1 Å². The van der Waals surface area contributed by atoms with Crippen molar-refractivity contribution in [3.8, 4) is 11.5 Å². The fourth-order valence-corrected chi connectivity index (χ4v) is 6.70. The van der Waals surface area contributed by atoms with Gasteiger partial charge >= 0.3 is 0 Å². The standard InChI is InChI=1S/C25H34N2O4/c1-30-21-4-2-3-5-22(21)31-16-24(29)27(20-6-7-20)9-8-23(28)26-25-13-17-10-18(14-25)12-19(11-17)15-25/h2-5,17-20H,6-16H2,1H3,(H,26,28). The van der Waals surface area contributed by atoms with Crippen molar-refractivity contribution >= 4 is 11.8 Å². The molecule has 6 nitrogen and oxygen atoms in total. The van der Waals surface area contributed by atoms with Gasteiger partial charge in [0.25, 0.3) is 5.91 Å². The van der Waals surface area contributed by atoms with Crippen LogP contribution in [0.25, 0.3) is 0 Å². The molecule has 5 saturated carbocycles. The number of methoxy groups -OCH3 is 1. The molecule has 31 heavy (non-hydrogen) atoms. The van der Waals surface area contributed by atoms with Crippen LogP contribution in [0.1, 0.15) is 57.8 Å². The van der Waals surface area contributed by atoms with Crippen LogP contribution in [0.15, 0.2) is 24.3 Å². The minimum atomic E-state index is -0.0592. The lowest BCUT2D eigenvalue weighted by atomic mass is 9.53. The summed E-state index contributed by atoms with van der Waals surface area (Å²) in [6, 6.07) is 7.59. The molecular weight excluding hydrogens is 392 g/mol. The van der Waals surface area contributed by atoms with Crippen molar-refractivity contribution in [3.63, 3.8) is 0 Å². The molecule has 0 aliphatic heterocycles. The molecular formula is C25H34N2O4. The van der Waals surface area contributed by atoms with Crippen LogP contribution in [0.5, 0.6) is 11.5 Å². The zero-order valence-electron chi connectivity index (χ0n) is 18.5. The number of carbonyl (C=O) groups excluding carboxylic acids is 2. The number of nitrogens with zero attached hydrogens (tertiary/aromatic N) is 1. The Hall–Kier alpha value is -2.24. The van der Waals surface area contributed by atoms with Crippen LogP contribution >= 0.6 is 0 Å². The topological polar surface area (TPSA) is 67.9 Å². The quantitative estimate of drug-likeness (QED) is 0.656. The van der Waals surface area contributed by atoms with Gasteiger partial charge in [0.1, 0.15) is 0 Å². The number of ether oxygens (including phenoxy) is 2. The molecule has 168 valence electrons. The van der Waals surface area contributed by atoms with E-state index in [0.29, 0.717) is 24.5 Å². The summed E-state index contributed by atoms with van der Waals surface area (Å²) < 4.78 is 11.0. The van der Waals surface area contributed by atoms with E-state index in [-0.39, 0.29) is 30.0 Å². The van der Waals surface area contributed by atoms with E-state index in [2.05, 4.69) is 5.32 Å². The molecule has 4 bridgehead atoms. The Kier molecular flexibility index (Phi) is 5.57. The molecule has 1 aromatic rings. The number of nitrogens with one attached hydrogen (secondary N) is 1. The third kappa shape index (κ3) is 4.53. The first kappa shape index (κ1) is 20.7. The first-order chi connectivity index (χ1) is 15.0. The smallest absolute Gasteiger partial charge is 0.260 e. The summed E-state index contributed by atoms with van der Waals surface area (Å²) >= 11 is 0. The van der Waals surface area contributed by atoms with Gasteiger partial charge in [-0.2, -0.15) is 0 Å². The third-order valence-electron chi connectivity index (χ3n) is 7.75. The first-order valence-electron chi connectivity index (χ1n) is 11.9. The Morgan fingerprint density at radius 1 is 1.03 bits per heavy atom. The fraction of sp³-hybridized carbons (Fsp3) is 0.680. The van der Waals surface area contributed by atoms with Gasteiger partial charge in [-0.25, -0.2) is 0 Å². The summed E-state index contributed by atoms with van der Waals surface area (Å²) in [7, 11) is 1.59. The molecule has 0 heterocycles. The summed E-state index contributed by atoms with van der Waals surface area (Å²) in [5.41, 5.74) is 0.0349. The highest BCUT2D eigenvalue weighted by atomic mass is 16.5.